The van der Waals surface area contributed by atoms with Crippen LogP contribution in [-0.4, -0.2) is 19.6 Å². The van der Waals surface area contributed by atoms with Crippen LogP contribution in [0.4, 0.5) is 0 Å². The molecule has 5 heteroatoms. The van der Waals surface area contributed by atoms with E-state index < -0.39 is 0 Å². The van der Waals surface area contributed by atoms with Gasteiger partial charge in [0.2, 0.25) is 0 Å². The maximum absolute atomic E-state index is 10.5. The van der Waals surface area contributed by atoms with Gasteiger partial charge in [0.05, 0.1) is 11.3 Å². The second-order valence-corrected chi connectivity index (χ2v) is 14.3. The van der Waals surface area contributed by atoms with E-state index in [1.54, 1.807) is 12.3 Å². The molecule has 5 aromatic carbocycles. The van der Waals surface area contributed by atoms with E-state index >= 15 is 0 Å². The quantitative estimate of drug-likeness (QED) is 0.162. The number of para-hydroxylation sites is 1. The summed E-state index contributed by atoms with van der Waals surface area (Å²) in [5.74, 6) is 2.17. The Morgan fingerprint density at radius 2 is 1.27 bits per heavy atom. The van der Waals surface area contributed by atoms with E-state index in [1.807, 2.05) is 30.6 Å². The van der Waals surface area contributed by atoms with Gasteiger partial charge in [0, 0.05) is 38.7 Å². The number of hydrogen-bond donors (Lipinski definition) is 1. The van der Waals surface area contributed by atoms with Crippen molar-refractivity contribution in [1.82, 2.24) is 14.5 Å². The Hall–Kier alpha value is -4.83. The molecule has 0 spiro atoms. The fourth-order valence-corrected chi connectivity index (χ4v) is 6.95. The van der Waals surface area contributed by atoms with Gasteiger partial charge in [-0.05, 0) is 92.4 Å². The van der Waals surface area contributed by atoms with Crippen LogP contribution in [0.5, 0.6) is 5.75 Å². The number of fused-ring (bicyclic) bond motifs is 1. The molecule has 4 nitrogen and oxygen atoms in total. The normalized spacial score (nSPS) is 11.1. The van der Waals surface area contributed by atoms with Gasteiger partial charge in [0.25, 0.3) is 0 Å². The number of pyridine rings is 1. The minimum Gasteiger partial charge on any atom is -0.507 e. The van der Waals surface area contributed by atoms with E-state index in [2.05, 4.69) is 155 Å². The van der Waals surface area contributed by atoms with Gasteiger partial charge in [-0.3, -0.25) is 4.57 Å². The topological polar surface area (TPSA) is 50.9 Å². The third-order valence-corrected chi connectivity index (χ3v) is 9.41. The Bertz CT molecular complexity index is 2240. The summed E-state index contributed by atoms with van der Waals surface area (Å²) in [7, 11) is 0. The van der Waals surface area contributed by atoms with Crippen molar-refractivity contribution in [2.24, 2.45) is 0 Å². The number of aromatic hydroxyl groups is 1. The summed E-state index contributed by atoms with van der Waals surface area (Å²) < 4.78 is 2.13. The molecule has 2 aromatic heterocycles. The minimum atomic E-state index is 0. The number of imidazole rings is 1. The van der Waals surface area contributed by atoms with E-state index in [0.717, 1.165) is 33.9 Å². The Kier molecular flexibility index (Phi) is 12.3. The van der Waals surface area contributed by atoms with E-state index in [1.165, 1.54) is 44.2 Å². The van der Waals surface area contributed by atoms with Crippen LogP contribution in [0, 0.1) is 19.9 Å². The van der Waals surface area contributed by atoms with Gasteiger partial charge in [0.15, 0.2) is 0 Å². The number of aromatic nitrogens is 3. The van der Waals surface area contributed by atoms with E-state index in [-0.39, 0.29) is 25.9 Å². The second-order valence-electron chi connectivity index (χ2n) is 14.3. The zero-order chi connectivity index (χ0) is 36.2. The molecule has 1 radical (unpaired) electrons. The molecule has 0 aliphatic heterocycles. The molecule has 1 N–H and O–H groups in total. The van der Waals surface area contributed by atoms with Crippen molar-refractivity contribution in [3.8, 4) is 45.2 Å². The summed E-state index contributed by atoms with van der Waals surface area (Å²) in [5.41, 5.74) is 12.8. The molecule has 0 aliphatic carbocycles. The summed E-state index contributed by atoms with van der Waals surface area (Å²) in [6.07, 6.45) is 5.72. The predicted octanol–water partition coefficient (Wildman–Crippen LogP) is 12.6. The number of aryl methyl sites for hydroxylation is 2. The molecule has 7 rings (SSSR count). The summed E-state index contributed by atoms with van der Waals surface area (Å²) in [4.78, 5) is 9.24. The standard InChI is InChI=1S/C27H28N2O.C20H20N.Ir/c1-18(2)23-16-21(20-10-6-5-7-11-20)17-24(19(3)4)26(23)29-15-14-28-27(29)22-12-8-9-13-25(22)30;1-13(2)17-6-5-7-19-18(17)8-9-21-20(19)16-11-14(3)10-15(4)12-16;/h5-19,30H,1-4H3;5-11,13H,1-4H3;/q;-1;. The molecule has 0 bridgehead atoms. The average molecular weight is 863 g/mol. The zero-order valence-corrected chi connectivity index (χ0v) is 33.8. The Morgan fingerprint density at radius 1 is 0.615 bits per heavy atom. The molecule has 267 valence electrons. The maximum Gasteiger partial charge on any atom is 0.148 e. The van der Waals surface area contributed by atoms with Gasteiger partial charge in [-0.15, -0.1) is 34.9 Å². The molecule has 0 aliphatic rings. The molecule has 0 fully saturated rings. The first-order valence-electron chi connectivity index (χ1n) is 18.0. The van der Waals surface area contributed by atoms with Crippen molar-refractivity contribution in [1.29, 1.82) is 0 Å². The third-order valence-electron chi connectivity index (χ3n) is 9.41. The molecule has 52 heavy (non-hydrogen) atoms. The molecular formula is C47H48IrN3O-. The van der Waals surface area contributed by atoms with Crippen molar-refractivity contribution < 1.29 is 25.2 Å². The average Bonchev–Trinajstić information content (AvgIpc) is 3.60. The summed E-state index contributed by atoms with van der Waals surface area (Å²) >= 11 is 0. The molecular weight excluding hydrogens is 815 g/mol. The molecule has 0 unspecified atom stereocenters. The predicted molar refractivity (Wildman–Crippen MR) is 214 cm³/mol. The van der Waals surface area contributed by atoms with Crippen LogP contribution in [0.1, 0.15) is 87.1 Å². The largest absolute Gasteiger partial charge is 0.507 e. The van der Waals surface area contributed by atoms with Crippen LogP contribution < -0.4 is 0 Å². The molecule has 0 atom stereocenters. The van der Waals surface area contributed by atoms with Crippen molar-refractivity contribution in [2.75, 3.05) is 0 Å². The first-order chi connectivity index (χ1) is 24.5. The van der Waals surface area contributed by atoms with Crippen molar-refractivity contribution in [3.63, 3.8) is 0 Å². The smallest absolute Gasteiger partial charge is 0.148 e. The van der Waals surface area contributed by atoms with E-state index in [4.69, 9.17) is 0 Å². The van der Waals surface area contributed by atoms with Crippen molar-refractivity contribution in [2.45, 2.75) is 73.1 Å². The molecule has 7 aromatic rings. The van der Waals surface area contributed by atoms with Crippen LogP contribution in [0.2, 0.25) is 0 Å². The van der Waals surface area contributed by atoms with Gasteiger partial charge >= 0.3 is 0 Å². The zero-order valence-electron chi connectivity index (χ0n) is 31.4. The monoisotopic (exact) mass is 863 g/mol. The van der Waals surface area contributed by atoms with Crippen LogP contribution >= 0.6 is 0 Å². The molecule has 0 saturated heterocycles. The third kappa shape index (κ3) is 8.12. The molecule has 0 amide bonds. The summed E-state index contributed by atoms with van der Waals surface area (Å²) in [6, 6.07) is 38.9. The fourth-order valence-electron chi connectivity index (χ4n) is 6.95. The van der Waals surface area contributed by atoms with Crippen LogP contribution in [0.15, 0.2) is 122 Å². The first-order valence-corrected chi connectivity index (χ1v) is 18.0. The Labute approximate surface area is 323 Å². The number of hydrogen-bond acceptors (Lipinski definition) is 3. The molecule has 0 saturated carbocycles. The Balaban J connectivity index is 0.000000209. The fraction of sp³-hybridized carbons (Fsp3) is 0.234. The number of phenolic OH excluding ortho intramolecular Hbond substituents is 1. The van der Waals surface area contributed by atoms with Crippen molar-refractivity contribution in [3.05, 3.63) is 156 Å². The summed E-state index contributed by atoms with van der Waals surface area (Å²) in [6.45, 7) is 17.6. The SMILES string of the molecule is CC(C)c1cc(-c2ccccc2)cc(C(C)C)c1-n1ccnc1-c1ccccc1O.Cc1[c-]c(-c2nccc3c(C(C)C)cccc23)cc(C)c1.[Ir]. The van der Waals surface area contributed by atoms with Crippen molar-refractivity contribution >= 4 is 10.8 Å². The van der Waals surface area contributed by atoms with Gasteiger partial charge in [-0.1, -0.05) is 116 Å². The second kappa shape index (κ2) is 16.7. The maximum atomic E-state index is 10.5. The van der Waals surface area contributed by atoms with Gasteiger partial charge < -0.3 is 10.1 Å². The minimum absolute atomic E-state index is 0. The summed E-state index contributed by atoms with van der Waals surface area (Å²) in [5, 5.41) is 13.0. The number of rotatable bonds is 7. The van der Waals surface area contributed by atoms with Gasteiger partial charge in [0.1, 0.15) is 11.6 Å². The van der Waals surface area contributed by atoms with E-state index in [0.29, 0.717) is 17.8 Å². The van der Waals surface area contributed by atoms with E-state index in [9.17, 15) is 5.11 Å². The molecule has 2 heterocycles. The number of phenols is 1. The first kappa shape index (κ1) is 38.4. The van der Waals surface area contributed by atoms with Gasteiger partial charge in [-0.2, -0.15) is 0 Å². The van der Waals surface area contributed by atoms with Crippen LogP contribution in [-0.2, 0) is 20.1 Å². The Morgan fingerprint density at radius 3 is 1.90 bits per heavy atom. The number of nitrogens with zero attached hydrogens (tertiary/aromatic N) is 3. The van der Waals surface area contributed by atoms with Crippen LogP contribution in [0.25, 0.3) is 50.2 Å². The van der Waals surface area contributed by atoms with Crippen LogP contribution in [0.3, 0.4) is 0 Å². The number of benzene rings is 5. The van der Waals surface area contributed by atoms with Gasteiger partial charge in [-0.25, -0.2) is 4.98 Å².